The van der Waals surface area contributed by atoms with Crippen LogP contribution in [0, 0.1) is 11.3 Å². The highest BCUT2D eigenvalue weighted by Crippen LogP contribution is 2.21. The van der Waals surface area contributed by atoms with Crippen molar-refractivity contribution < 1.29 is 17.6 Å². The average Bonchev–Trinajstić information content (AvgIpc) is 3.10. The van der Waals surface area contributed by atoms with Gasteiger partial charge < -0.3 is 9.73 Å². The maximum absolute atomic E-state index is 12.5. The number of carbonyl (C=O) groups is 1. The van der Waals surface area contributed by atoms with Crippen molar-refractivity contribution in [3.63, 3.8) is 0 Å². The van der Waals surface area contributed by atoms with E-state index in [4.69, 9.17) is 9.68 Å². The third-order valence-corrected chi connectivity index (χ3v) is 5.35. The summed E-state index contributed by atoms with van der Waals surface area (Å²) in [6.07, 6.45) is 1.28. The highest BCUT2D eigenvalue weighted by atomic mass is 32.2. The maximum atomic E-state index is 12.5. The normalized spacial score (nSPS) is 10.9. The minimum absolute atomic E-state index is 0.0612. The minimum atomic E-state index is -3.60. The number of hydrogen-bond acceptors (Lipinski definition) is 5. The van der Waals surface area contributed by atoms with Crippen LogP contribution in [0.2, 0.25) is 0 Å². The maximum Gasteiger partial charge on any atom is 0.291 e. The first-order valence-corrected chi connectivity index (χ1v) is 9.30. The fourth-order valence-corrected chi connectivity index (χ4v) is 3.76. The molecular weight excluding hydrogens is 352 g/mol. The van der Waals surface area contributed by atoms with Gasteiger partial charge in [-0.3, -0.25) is 4.79 Å². The van der Waals surface area contributed by atoms with Gasteiger partial charge >= 0.3 is 0 Å². The van der Waals surface area contributed by atoms with Crippen LogP contribution in [0.5, 0.6) is 0 Å². The minimum Gasteiger partial charge on any atom is -0.459 e. The van der Waals surface area contributed by atoms with E-state index in [0.29, 0.717) is 11.3 Å². The quantitative estimate of drug-likeness (QED) is 0.746. The summed E-state index contributed by atoms with van der Waals surface area (Å²) in [7, 11) is -3.60. The molecule has 1 aromatic heterocycles. The number of furan rings is 1. The second kappa shape index (κ2) is 7.25. The third kappa shape index (κ3) is 3.82. The van der Waals surface area contributed by atoms with Crippen LogP contribution >= 0.6 is 0 Å². The molecule has 0 aliphatic rings. The van der Waals surface area contributed by atoms with Crippen molar-refractivity contribution in [2.45, 2.75) is 10.6 Å². The number of anilines is 1. The zero-order chi connectivity index (χ0) is 18.6. The van der Waals surface area contributed by atoms with Crippen LogP contribution in [0.1, 0.15) is 21.7 Å². The molecule has 0 saturated heterocycles. The zero-order valence-corrected chi connectivity index (χ0v) is 14.4. The van der Waals surface area contributed by atoms with Crippen molar-refractivity contribution in [3.8, 4) is 6.07 Å². The number of sulfone groups is 1. The van der Waals surface area contributed by atoms with Gasteiger partial charge in [0, 0.05) is 11.3 Å². The van der Waals surface area contributed by atoms with Gasteiger partial charge in [0.05, 0.1) is 28.5 Å². The summed E-state index contributed by atoms with van der Waals surface area (Å²) in [6.45, 7) is 0. The van der Waals surface area contributed by atoms with Crippen molar-refractivity contribution in [2.75, 3.05) is 5.32 Å². The SMILES string of the molecule is N#Cc1ccc(NC(=O)c2occc2CS(=O)(=O)c2ccccc2)cc1. The number of benzene rings is 2. The standard InChI is InChI=1S/C19H14N2O4S/c20-12-14-6-8-16(9-7-14)21-19(22)18-15(10-11-25-18)13-26(23,24)17-4-2-1-3-5-17/h1-11H,13H2,(H,21,22). The van der Waals surface area contributed by atoms with Gasteiger partial charge in [0.25, 0.3) is 5.91 Å². The second-order valence-electron chi connectivity index (χ2n) is 5.49. The largest absolute Gasteiger partial charge is 0.459 e. The average molecular weight is 366 g/mol. The molecule has 3 aromatic rings. The molecule has 26 heavy (non-hydrogen) atoms. The summed E-state index contributed by atoms with van der Waals surface area (Å²) in [5.41, 5.74) is 1.22. The second-order valence-corrected chi connectivity index (χ2v) is 7.48. The molecule has 3 rings (SSSR count). The monoisotopic (exact) mass is 366 g/mol. The fourth-order valence-electron chi connectivity index (χ4n) is 2.38. The number of hydrogen-bond donors (Lipinski definition) is 1. The van der Waals surface area contributed by atoms with Crippen LogP contribution in [0.3, 0.4) is 0 Å². The lowest BCUT2D eigenvalue weighted by Gasteiger charge is -2.06. The van der Waals surface area contributed by atoms with Gasteiger partial charge in [0.2, 0.25) is 0 Å². The van der Waals surface area contributed by atoms with Gasteiger partial charge in [-0.2, -0.15) is 5.26 Å². The molecule has 0 bridgehead atoms. The lowest BCUT2D eigenvalue weighted by molar-refractivity contribution is 0.0996. The Morgan fingerprint density at radius 3 is 2.38 bits per heavy atom. The van der Waals surface area contributed by atoms with E-state index in [-0.39, 0.29) is 22.0 Å². The Kier molecular flexibility index (Phi) is 4.87. The van der Waals surface area contributed by atoms with Gasteiger partial charge in [-0.05, 0) is 42.5 Å². The molecule has 130 valence electrons. The number of nitriles is 1. The number of nitrogens with zero attached hydrogens (tertiary/aromatic N) is 1. The van der Waals surface area contributed by atoms with Crippen molar-refractivity contribution in [2.24, 2.45) is 0 Å². The van der Waals surface area contributed by atoms with Crippen molar-refractivity contribution >= 4 is 21.4 Å². The Morgan fingerprint density at radius 1 is 1.04 bits per heavy atom. The number of carbonyl (C=O) groups excluding carboxylic acids is 1. The van der Waals surface area contributed by atoms with Gasteiger partial charge in [-0.1, -0.05) is 18.2 Å². The molecule has 0 spiro atoms. The van der Waals surface area contributed by atoms with E-state index in [2.05, 4.69) is 5.32 Å². The molecule has 7 heteroatoms. The molecule has 0 aliphatic heterocycles. The Labute approximate surface area is 150 Å². The summed E-state index contributed by atoms with van der Waals surface area (Å²) in [6, 6.07) is 17.8. The molecule has 0 atom stereocenters. The molecule has 6 nitrogen and oxygen atoms in total. The van der Waals surface area contributed by atoms with Crippen LogP contribution < -0.4 is 5.32 Å². The van der Waals surface area contributed by atoms with Crippen molar-refractivity contribution in [3.05, 3.63) is 83.8 Å². The molecule has 0 radical (unpaired) electrons. The van der Waals surface area contributed by atoms with Gasteiger partial charge in [-0.25, -0.2) is 8.42 Å². The molecule has 1 N–H and O–H groups in total. The fraction of sp³-hybridized carbons (Fsp3) is 0.0526. The van der Waals surface area contributed by atoms with E-state index < -0.39 is 15.7 Å². The van der Waals surface area contributed by atoms with E-state index in [1.807, 2.05) is 6.07 Å². The molecule has 0 saturated carbocycles. The molecule has 0 unspecified atom stereocenters. The van der Waals surface area contributed by atoms with E-state index in [1.165, 1.54) is 24.5 Å². The Bertz CT molecular complexity index is 1060. The molecule has 2 aromatic carbocycles. The van der Waals surface area contributed by atoms with Crippen molar-refractivity contribution in [1.29, 1.82) is 5.26 Å². The van der Waals surface area contributed by atoms with E-state index in [0.717, 1.165) is 0 Å². The Morgan fingerprint density at radius 2 is 1.73 bits per heavy atom. The van der Waals surface area contributed by atoms with E-state index >= 15 is 0 Å². The Balaban J connectivity index is 1.79. The molecule has 1 amide bonds. The van der Waals surface area contributed by atoms with E-state index in [1.54, 1.807) is 42.5 Å². The van der Waals surface area contributed by atoms with Crippen LogP contribution in [0.4, 0.5) is 5.69 Å². The highest BCUT2D eigenvalue weighted by molar-refractivity contribution is 7.90. The highest BCUT2D eigenvalue weighted by Gasteiger charge is 2.22. The molecular formula is C19H14N2O4S. The summed E-state index contributed by atoms with van der Waals surface area (Å²) >= 11 is 0. The summed E-state index contributed by atoms with van der Waals surface area (Å²) in [5.74, 6) is -0.962. The van der Waals surface area contributed by atoms with Crippen LogP contribution in [-0.2, 0) is 15.6 Å². The predicted octanol–water partition coefficient (Wildman–Crippen LogP) is 3.38. The van der Waals surface area contributed by atoms with Crippen LogP contribution in [-0.4, -0.2) is 14.3 Å². The topological polar surface area (TPSA) is 100 Å². The molecule has 0 aliphatic carbocycles. The lowest BCUT2D eigenvalue weighted by atomic mass is 10.2. The molecule has 0 fully saturated rings. The predicted molar refractivity (Wildman–Crippen MR) is 95.2 cm³/mol. The van der Waals surface area contributed by atoms with Gasteiger partial charge in [-0.15, -0.1) is 0 Å². The third-order valence-electron chi connectivity index (χ3n) is 3.67. The van der Waals surface area contributed by atoms with Gasteiger partial charge in [0.15, 0.2) is 15.6 Å². The lowest BCUT2D eigenvalue weighted by Crippen LogP contribution is -2.14. The molecule has 1 heterocycles. The van der Waals surface area contributed by atoms with Crippen molar-refractivity contribution in [1.82, 2.24) is 0 Å². The number of rotatable bonds is 5. The first kappa shape index (κ1) is 17.5. The number of amides is 1. The van der Waals surface area contributed by atoms with Gasteiger partial charge in [0.1, 0.15) is 0 Å². The van der Waals surface area contributed by atoms with E-state index in [9.17, 15) is 13.2 Å². The first-order chi connectivity index (χ1) is 12.5. The first-order valence-electron chi connectivity index (χ1n) is 7.65. The van der Waals surface area contributed by atoms with Crippen LogP contribution in [0.25, 0.3) is 0 Å². The summed E-state index contributed by atoms with van der Waals surface area (Å²) in [4.78, 5) is 12.6. The van der Waals surface area contributed by atoms with Crippen LogP contribution in [0.15, 0.2) is 76.2 Å². The summed E-state index contributed by atoms with van der Waals surface area (Å²) in [5, 5.41) is 11.4. The summed E-state index contributed by atoms with van der Waals surface area (Å²) < 4.78 is 30.2. The zero-order valence-electron chi connectivity index (χ0n) is 13.5. The number of nitrogens with one attached hydrogen (secondary N) is 1. The smallest absolute Gasteiger partial charge is 0.291 e. The Hall–Kier alpha value is -3.37.